The predicted octanol–water partition coefficient (Wildman–Crippen LogP) is 2.25. The van der Waals surface area contributed by atoms with Gasteiger partial charge in [0.2, 0.25) is 5.91 Å². The molecule has 8 heteroatoms. The lowest BCUT2D eigenvalue weighted by atomic mass is 10.1. The van der Waals surface area contributed by atoms with Crippen molar-refractivity contribution in [3.63, 3.8) is 0 Å². The van der Waals surface area contributed by atoms with Gasteiger partial charge in [-0.3, -0.25) is 4.79 Å². The van der Waals surface area contributed by atoms with Gasteiger partial charge >= 0.3 is 0 Å². The second kappa shape index (κ2) is 11.2. The summed E-state index contributed by atoms with van der Waals surface area (Å²) in [4.78, 5) is 19.0. The Labute approximate surface area is 174 Å². The molecule has 0 radical (unpaired) electrons. The second-order valence-electron chi connectivity index (χ2n) is 7.54. The summed E-state index contributed by atoms with van der Waals surface area (Å²) in [6, 6.07) is 5.32. The first-order valence-corrected chi connectivity index (χ1v) is 12.3. The van der Waals surface area contributed by atoms with Crippen LogP contribution in [0.1, 0.15) is 50.2 Å². The summed E-state index contributed by atoms with van der Waals surface area (Å²) in [7, 11) is -3.21. The maximum Gasteiger partial charge on any atom is 0.222 e. The fourth-order valence-electron chi connectivity index (χ4n) is 3.49. The van der Waals surface area contributed by atoms with Gasteiger partial charge in [-0.2, -0.15) is 0 Å². The topological polar surface area (TPSA) is 90.9 Å². The van der Waals surface area contributed by atoms with Crippen LogP contribution < -0.4 is 10.6 Å². The third kappa shape index (κ3) is 7.68. The number of nitrogens with one attached hydrogen (secondary N) is 2. The van der Waals surface area contributed by atoms with E-state index < -0.39 is 9.84 Å². The van der Waals surface area contributed by atoms with Crippen LogP contribution in [0, 0.1) is 6.92 Å². The number of carbonyl (C=O) groups is 1. The summed E-state index contributed by atoms with van der Waals surface area (Å²) in [5.41, 5.74) is 1.70. The van der Waals surface area contributed by atoms with E-state index in [0.717, 1.165) is 68.9 Å². The molecule has 1 amide bonds. The number of amides is 1. The molecule has 0 atom stereocenters. The van der Waals surface area contributed by atoms with Crippen molar-refractivity contribution in [3.05, 3.63) is 29.3 Å². The van der Waals surface area contributed by atoms with Crippen molar-refractivity contribution >= 4 is 21.7 Å². The Kier molecular flexibility index (Phi) is 8.95. The molecule has 0 spiro atoms. The fraction of sp³-hybridized carbons (Fsp3) is 0.619. The number of hydrogen-bond donors (Lipinski definition) is 2. The second-order valence-corrected chi connectivity index (χ2v) is 9.52. The van der Waals surface area contributed by atoms with Gasteiger partial charge in [0, 0.05) is 38.9 Å². The maximum atomic E-state index is 12.0. The van der Waals surface area contributed by atoms with Gasteiger partial charge in [-0.1, -0.05) is 18.6 Å². The number of aryl methyl sites for hydroxylation is 1. The number of guanidine groups is 1. The summed E-state index contributed by atoms with van der Waals surface area (Å²) in [5.74, 6) is 0.996. The third-order valence-electron chi connectivity index (χ3n) is 4.97. The molecule has 1 aromatic carbocycles. The highest BCUT2D eigenvalue weighted by atomic mass is 32.2. The first-order valence-electron chi connectivity index (χ1n) is 10.4. The lowest BCUT2D eigenvalue weighted by molar-refractivity contribution is -0.130. The Balaban J connectivity index is 1.87. The van der Waals surface area contributed by atoms with Crippen LogP contribution in [-0.2, 0) is 21.2 Å². The number of sulfone groups is 1. The van der Waals surface area contributed by atoms with E-state index in [-0.39, 0.29) is 5.91 Å². The molecule has 2 rings (SSSR count). The normalized spacial score (nSPS) is 15.9. The summed E-state index contributed by atoms with van der Waals surface area (Å²) < 4.78 is 23.5. The van der Waals surface area contributed by atoms with E-state index in [1.807, 2.05) is 17.9 Å². The SMILES string of the molecule is CCNC(=NCc1ccc(S(C)(=O)=O)c(C)c1)NCCCN1CCCCCC1=O. The first-order chi connectivity index (χ1) is 13.8. The number of likely N-dealkylation sites (tertiary alicyclic amines) is 1. The zero-order chi connectivity index (χ0) is 21.3. The zero-order valence-corrected chi connectivity index (χ0v) is 18.6. The van der Waals surface area contributed by atoms with Crippen molar-refractivity contribution in [2.45, 2.75) is 57.4 Å². The highest BCUT2D eigenvalue weighted by molar-refractivity contribution is 7.90. The third-order valence-corrected chi connectivity index (χ3v) is 6.23. The maximum absolute atomic E-state index is 12.0. The Morgan fingerprint density at radius 1 is 1.21 bits per heavy atom. The van der Waals surface area contributed by atoms with Crippen molar-refractivity contribution in [1.29, 1.82) is 0 Å². The van der Waals surface area contributed by atoms with Crippen LogP contribution >= 0.6 is 0 Å². The van der Waals surface area contributed by atoms with E-state index in [1.165, 1.54) is 6.26 Å². The van der Waals surface area contributed by atoms with Crippen LogP contribution in [0.5, 0.6) is 0 Å². The molecule has 7 nitrogen and oxygen atoms in total. The van der Waals surface area contributed by atoms with Crippen LogP contribution in [-0.4, -0.2) is 57.6 Å². The van der Waals surface area contributed by atoms with Crippen LogP contribution in [0.15, 0.2) is 28.1 Å². The Bertz CT molecular complexity index is 821. The molecule has 1 heterocycles. The zero-order valence-electron chi connectivity index (χ0n) is 17.8. The van der Waals surface area contributed by atoms with Gasteiger partial charge in [-0.05, 0) is 50.3 Å². The number of benzene rings is 1. The number of rotatable bonds is 8. The molecular formula is C21H34N4O3S. The van der Waals surface area contributed by atoms with Gasteiger partial charge < -0.3 is 15.5 Å². The van der Waals surface area contributed by atoms with Crippen molar-refractivity contribution in [2.75, 3.05) is 32.4 Å². The molecule has 1 saturated heterocycles. The largest absolute Gasteiger partial charge is 0.357 e. The van der Waals surface area contributed by atoms with Crippen molar-refractivity contribution in [2.24, 2.45) is 4.99 Å². The average molecular weight is 423 g/mol. The Morgan fingerprint density at radius 2 is 2.00 bits per heavy atom. The van der Waals surface area contributed by atoms with Crippen molar-refractivity contribution in [1.82, 2.24) is 15.5 Å². The van der Waals surface area contributed by atoms with Crippen molar-refractivity contribution < 1.29 is 13.2 Å². The fourth-order valence-corrected chi connectivity index (χ4v) is 4.45. The minimum Gasteiger partial charge on any atom is -0.357 e. The van der Waals surface area contributed by atoms with Gasteiger partial charge in [0.05, 0.1) is 11.4 Å². The van der Waals surface area contributed by atoms with Crippen LogP contribution in [0.25, 0.3) is 0 Å². The monoisotopic (exact) mass is 422 g/mol. The average Bonchev–Trinajstić information content (AvgIpc) is 2.86. The summed E-state index contributed by atoms with van der Waals surface area (Å²) >= 11 is 0. The molecular weight excluding hydrogens is 388 g/mol. The lowest BCUT2D eigenvalue weighted by Crippen LogP contribution is -2.39. The molecule has 29 heavy (non-hydrogen) atoms. The molecule has 1 aliphatic rings. The Hall–Kier alpha value is -2.09. The molecule has 2 N–H and O–H groups in total. The molecule has 162 valence electrons. The van der Waals surface area contributed by atoms with Crippen molar-refractivity contribution in [3.8, 4) is 0 Å². The van der Waals surface area contributed by atoms with E-state index in [0.29, 0.717) is 17.9 Å². The number of hydrogen-bond acceptors (Lipinski definition) is 4. The predicted molar refractivity (Wildman–Crippen MR) is 117 cm³/mol. The Morgan fingerprint density at radius 3 is 2.69 bits per heavy atom. The molecule has 1 fully saturated rings. The summed E-state index contributed by atoms with van der Waals surface area (Å²) in [6.07, 6.45) is 6.02. The highest BCUT2D eigenvalue weighted by Gasteiger charge is 2.15. The molecule has 1 aromatic rings. The smallest absolute Gasteiger partial charge is 0.222 e. The van der Waals surface area contributed by atoms with E-state index in [4.69, 9.17) is 0 Å². The van der Waals surface area contributed by atoms with Crippen LogP contribution in [0.4, 0.5) is 0 Å². The quantitative estimate of drug-likeness (QED) is 0.381. The first kappa shape index (κ1) is 23.2. The molecule has 1 aliphatic heterocycles. The molecule has 0 aromatic heterocycles. The van der Waals surface area contributed by atoms with Crippen LogP contribution in [0.3, 0.4) is 0 Å². The summed E-state index contributed by atoms with van der Waals surface area (Å²) in [5, 5.41) is 6.54. The molecule has 0 unspecified atom stereocenters. The van der Waals surface area contributed by atoms with Gasteiger partial charge in [0.15, 0.2) is 15.8 Å². The van der Waals surface area contributed by atoms with Gasteiger partial charge in [-0.15, -0.1) is 0 Å². The van der Waals surface area contributed by atoms with E-state index in [9.17, 15) is 13.2 Å². The van der Waals surface area contributed by atoms with Gasteiger partial charge in [0.25, 0.3) is 0 Å². The number of carbonyl (C=O) groups excluding carboxylic acids is 1. The molecule has 0 bridgehead atoms. The molecule has 0 aliphatic carbocycles. The van der Waals surface area contributed by atoms with Gasteiger partial charge in [0.1, 0.15) is 0 Å². The summed E-state index contributed by atoms with van der Waals surface area (Å²) in [6.45, 7) is 7.41. The lowest BCUT2D eigenvalue weighted by Gasteiger charge is -2.20. The van der Waals surface area contributed by atoms with E-state index in [1.54, 1.807) is 19.1 Å². The minimum absolute atomic E-state index is 0.274. The highest BCUT2D eigenvalue weighted by Crippen LogP contribution is 2.17. The van der Waals surface area contributed by atoms with Gasteiger partial charge in [-0.25, -0.2) is 13.4 Å². The molecule has 0 saturated carbocycles. The van der Waals surface area contributed by atoms with E-state index >= 15 is 0 Å². The standard InChI is InChI=1S/C21H34N4O3S/c1-4-22-21(23-12-8-14-25-13-7-5-6-9-20(25)26)24-16-18-10-11-19(17(2)15-18)29(3,27)28/h10-11,15H,4-9,12-14,16H2,1-3H3,(H2,22,23,24). The van der Waals surface area contributed by atoms with E-state index in [2.05, 4.69) is 15.6 Å². The number of aliphatic imine (C=N–C) groups is 1. The van der Waals surface area contributed by atoms with Crippen LogP contribution in [0.2, 0.25) is 0 Å². The number of nitrogens with zero attached hydrogens (tertiary/aromatic N) is 2. The minimum atomic E-state index is -3.21.